The van der Waals surface area contributed by atoms with Gasteiger partial charge in [-0.3, -0.25) is 9.59 Å². The largest absolute Gasteiger partial charge is 0.472 e. The van der Waals surface area contributed by atoms with Crippen LogP contribution in [-0.2, 0) is 11.3 Å². The van der Waals surface area contributed by atoms with Gasteiger partial charge < -0.3 is 15.1 Å². The van der Waals surface area contributed by atoms with Crippen molar-refractivity contribution in [1.82, 2.24) is 30.4 Å². The number of hydrogen-bond acceptors (Lipinski definition) is 6. The van der Waals surface area contributed by atoms with Crippen molar-refractivity contribution < 1.29 is 14.0 Å². The minimum absolute atomic E-state index is 0.244. The highest BCUT2D eigenvalue weighted by Crippen LogP contribution is 2.09. The van der Waals surface area contributed by atoms with E-state index in [4.69, 9.17) is 4.42 Å². The molecule has 3 rings (SSSR count). The van der Waals surface area contributed by atoms with Crippen molar-refractivity contribution >= 4 is 11.8 Å². The molecule has 2 N–H and O–H groups in total. The van der Waals surface area contributed by atoms with Crippen LogP contribution in [0.4, 0.5) is 0 Å². The van der Waals surface area contributed by atoms with Crippen molar-refractivity contribution in [2.24, 2.45) is 0 Å². The number of nitrogens with zero attached hydrogens (tertiary/aromatic N) is 4. The molecule has 1 unspecified atom stereocenters. The Morgan fingerprint density at radius 1 is 1.36 bits per heavy atom. The van der Waals surface area contributed by atoms with Gasteiger partial charge in [0.2, 0.25) is 5.91 Å². The van der Waals surface area contributed by atoms with E-state index in [9.17, 15) is 9.59 Å². The molecular weight excluding hydrogens is 324 g/mol. The van der Waals surface area contributed by atoms with E-state index in [-0.39, 0.29) is 18.4 Å². The number of carbonyl (C=O) groups excluding carboxylic acids is 2. The Balaban J connectivity index is 1.60. The van der Waals surface area contributed by atoms with E-state index in [1.165, 1.54) is 35.9 Å². The fourth-order valence-corrected chi connectivity index (χ4v) is 2.17. The number of rotatable bonds is 6. The summed E-state index contributed by atoms with van der Waals surface area (Å²) in [6.07, 6.45) is 7.29. The van der Waals surface area contributed by atoms with Gasteiger partial charge in [-0.15, -0.1) is 0 Å². The lowest BCUT2D eigenvalue weighted by molar-refractivity contribution is -0.122. The van der Waals surface area contributed by atoms with E-state index in [0.29, 0.717) is 11.4 Å². The van der Waals surface area contributed by atoms with Gasteiger partial charge >= 0.3 is 0 Å². The minimum atomic E-state index is -0.700. The number of hydrogen-bond donors (Lipinski definition) is 2. The van der Waals surface area contributed by atoms with E-state index in [1.807, 2.05) is 6.07 Å². The topological polar surface area (TPSA) is 115 Å². The number of pyridine rings is 1. The van der Waals surface area contributed by atoms with Crippen LogP contribution in [0, 0.1) is 0 Å². The average Bonchev–Trinajstić information content (AvgIpc) is 3.33. The molecule has 0 aliphatic carbocycles. The Hall–Kier alpha value is -3.49. The van der Waals surface area contributed by atoms with Gasteiger partial charge in [-0.25, -0.2) is 14.6 Å². The molecule has 0 saturated heterocycles. The number of aromatic nitrogens is 4. The molecule has 0 spiro atoms. The standard InChI is InChI=1S/C16H16N6O3/c1-11(21-16(24)13-4-6-25-8-13)15(23)19-7-12-3-2-5-18-14(12)22-10-17-9-20-22/h2-6,8-11H,7H2,1H3,(H,19,23)(H,21,24). The Morgan fingerprint density at radius 2 is 2.24 bits per heavy atom. The van der Waals surface area contributed by atoms with Crippen molar-refractivity contribution in [1.29, 1.82) is 0 Å². The predicted molar refractivity (Wildman–Crippen MR) is 86.6 cm³/mol. The van der Waals surface area contributed by atoms with Crippen LogP contribution in [0.5, 0.6) is 0 Å². The molecule has 1 atom stereocenters. The number of carbonyl (C=O) groups is 2. The third kappa shape index (κ3) is 3.89. The molecule has 0 fully saturated rings. The van der Waals surface area contributed by atoms with Gasteiger partial charge in [0, 0.05) is 18.3 Å². The molecule has 9 nitrogen and oxygen atoms in total. The first-order chi connectivity index (χ1) is 12.1. The van der Waals surface area contributed by atoms with E-state index in [1.54, 1.807) is 19.2 Å². The first kappa shape index (κ1) is 16.4. The van der Waals surface area contributed by atoms with E-state index >= 15 is 0 Å². The molecule has 0 saturated carbocycles. The van der Waals surface area contributed by atoms with E-state index in [0.717, 1.165) is 5.56 Å². The zero-order valence-corrected chi connectivity index (χ0v) is 13.4. The SMILES string of the molecule is CC(NC(=O)c1ccoc1)C(=O)NCc1cccnc1-n1cncn1. The van der Waals surface area contributed by atoms with Crippen LogP contribution in [0.3, 0.4) is 0 Å². The van der Waals surface area contributed by atoms with E-state index < -0.39 is 6.04 Å². The van der Waals surface area contributed by atoms with E-state index in [2.05, 4.69) is 25.7 Å². The molecule has 0 bridgehead atoms. The molecule has 0 radical (unpaired) electrons. The molecule has 0 aliphatic rings. The van der Waals surface area contributed by atoms with Crippen LogP contribution in [0.1, 0.15) is 22.8 Å². The number of furan rings is 1. The Bertz CT molecular complexity index is 845. The Kier molecular flexibility index (Phi) is 4.84. The maximum Gasteiger partial charge on any atom is 0.255 e. The molecule has 2 amide bonds. The van der Waals surface area contributed by atoms with Gasteiger partial charge in [0.15, 0.2) is 5.82 Å². The van der Waals surface area contributed by atoms with Crippen molar-refractivity contribution in [3.8, 4) is 5.82 Å². The molecule has 3 heterocycles. The number of nitrogens with one attached hydrogen (secondary N) is 2. The summed E-state index contributed by atoms with van der Waals surface area (Å²) in [6.45, 7) is 1.85. The first-order valence-electron chi connectivity index (χ1n) is 7.55. The van der Waals surface area contributed by atoms with Crippen LogP contribution in [0.15, 0.2) is 54.0 Å². The summed E-state index contributed by atoms with van der Waals surface area (Å²) >= 11 is 0. The van der Waals surface area contributed by atoms with Crippen LogP contribution < -0.4 is 10.6 Å². The quantitative estimate of drug-likeness (QED) is 0.682. The van der Waals surface area contributed by atoms with Gasteiger partial charge in [-0.1, -0.05) is 6.07 Å². The highest BCUT2D eigenvalue weighted by atomic mass is 16.3. The second-order valence-electron chi connectivity index (χ2n) is 5.25. The van der Waals surface area contributed by atoms with Crippen molar-refractivity contribution in [2.75, 3.05) is 0 Å². The van der Waals surface area contributed by atoms with Crippen LogP contribution in [0.2, 0.25) is 0 Å². The fraction of sp³-hybridized carbons (Fsp3) is 0.188. The van der Waals surface area contributed by atoms with Crippen LogP contribution in [0.25, 0.3) is 5.82 Å². The smallest absolute Gasteiger partial charge is 0.255 e. The monoisotopic (exact) mass is 340 g/mol. The summed E-state index contributed by atoms with van der Waals surface area (Å²) in [5.41, 5.74) is 1.13. The van der Waals surface area contributed by atoms with Gasteiger partial charge in [0.1, 0.15) is 25.0 Å². The van der Waals surface area contributed by atoms with Crippen LogP contribution >= 0.6 is 0 Å². The van der Waals surface area contributed by atoms with Gasteiger partial charge in [-0.2, -0.15) is 5.10 Å². The summed E-state index contributed by atoms with van der Waals surface area (Å²) in [7, 11) is 0. The highest BCUT2D eigenvalue weighted by Gasteiger charge is 2.17. The fourth-order valence-electron chi connectivity index (χ4n) is 2.17. The Morgan fingerprint density at radius 3 is 2.96 bits per heavy atom. The molecule has 9 heteroatoms. The third-order valence-corrected chi connectivity index (χ3v) is 3.48. The maximum absolute atomic E-state index is 12.2. The van der Waals surface area contributed by atoms with Gasteiger partial charge in [-0.05, 0) is 19.1 Å². The Labute approximate surface area is 143 Å². The summed E-state index contributed by atoms with van der Waals surface area (Å²) < 4.78 is 6.37. The maximum atomic E-state index is 12.2. The van der Waals surface area contributed by atoms with Crippen LogP contribution in [-0.4, -0.2) is 37.6 Å². The van der Waals surface area contributed by atoms with Crippen molar-refractivity contribution in [3.05, 3.63) is 60.7 Å². The van der Waals surface area contributed by atoms with Gasteiger partial charge in [0.25, 0.3) is 5.91 Å². The third-order valence-electron chi connectivity index (χ3n) is 3.48. The molecule has 0 aliphatic heterocycles. The minimum Gasteiger partial charge on any atom is -0.472 e. The molecule has 3 aromatic heterocycles. The molecule has 128 valence electrons. The zero-order valence-electron chi connectivity index (χ0n) is 13.4. The van der Waals surface area contributed by atoms with Crippen molar-refractivity contribution in [2.45, 2.75) is 19.5 Å². The number of amides is 2. The predicted octanol–water partition coefficient (Wildman–Crippen LogP) is 0.690. The van der Waals surface area contributed by atoms with Crippen molar-refractivity contribution in [3.63, 3.8) is 0 Å². The normalized spacial score (nSPS) is 11.7. The lowest BCUT2D eigenvalue weighted by Crippen LogP contribution is -2.44. The summed E-state index contributed by atoms with van der Waals surface area (Å²) in [5.74, 6) is -0.110. The first-order valence-corrected chi connectivity index (χ1v) is 7.55. The molecule has 3 aromatic rings. The zero-order chi connectivity index (χ0) is 17.6. The molecular formula is C16H16N6O3. The molecule has 0 aromatic carbocycles. The lowest BCUT2D eigenvalue weighted by Gasteiger charge is -2.14. The highest BCUT2D eigenvalue weighted by molar-refractivity contribution is 5.97. The second-order valence-corrected chi connectivity index (χ2v) is 5.25. The second kappa shape index (κ2) is 7.39. The summed E-state index contributed by atoms with van der Waals surface area (Å²) in [5, 5.41) is 9.42. The summed E-state index contributed by atoms with van der Waals surface area (Å²) in [6, 6.07) is 4.43. The lowest BCUT2D eigenvalue weighted by atomic mass is 10.2. The average molecular weight is 340 g/mol. The molecule has 25 heavy (non-hydrogen) atoms. The van der Waals surface area contributed by atoms with Gasteiger partial charge in [0.05, 0.1) is 11.8 Å². The summed E-state index contributed by atoms with van der Waals surface area (Å²) in [4.78, 5) is 32.3.